The monoisotopic (exact) mass is 202 g/mol. The van der Waals surface area contributed by atoms with Gasteiger partial charge in [0.25, 0.3) is 6.01 Å². The Morgan fingerprint density at radius 1 is 1.33 bits per heavy atom. The summed E-state index contributed by atoms with van der Waals surface area (Å²) in [5, 5.41) is 3.60. The summed E-state index contributed by atoms with van der Waals surface area (Å²) in [6.45, 7) is 0. The molecule has 0 radical (unpaired) electrons. The lowest BCUT2D eigenvalue weighted by molar-refractivity contribution is 0.516. The first kappa shape index (κ1) is 8.47. The molecule has 1 N–H and O–H groups in total. The van der Waals surface area contributed by atoms with Gasteiger partial charge in [-0.1, -0.05) is 12.1 Å². The van der Waals surface area contributed by atoms with Crippen LogP contribution >= 0.6 is 0 Å². The van der Waals surface area contributed by atoms with Crippen LogP contribution in [0.3, 0.4) is 0 Å². The van der Waals surface area contributed by atoms with Gasteiger partial charge in [-0.25, -0.2) is 4.79 Å². The van der Waals surface area contributed by atoms with Crippen molar-refractivity contribution < 1.29 is 4.42 Å². The number of aromatic nitrogens is 1. The van der Waals surface area contributed by atoms with Crippen LogP contribution < -0.4 is 10.9 Å². The number of fused-ring (bicyclic) bond motifs is 1. The van der Waals surface area contributed by atoms with E-state index in [4.69, 9.17) is 4.42 Å². The van der Waals surface area contributed by atoms with Gasteiger partial charge >= 0.3 is 5.63 Å². The quantitative estimate of drug-likeness (QED) is 0.806. The molecule has 1 aliphatic rings. The van der Waals surface area contributed by atoms with Crippen molar-refractivity contribution in [3.8, 4) is 0 Å². The Morgan fingerprint density at radius 3 is 2.93 bits per heavy atom. The van der Waals surface area contributed by atoms with Crippen LogP contribution in [0.15, 0.2) is 33.5 Å². The van der Waals surface area contributed by atoms with Crippen molar-refractivity contribution in [2.75, 3.05) is 5.32 Å². The molecule has 0 spiro atoms. The first-order valence-corrected chi connectivity index (χ1v) is 4.99. The predicted octanol–water partition coefficient (Wildman–Crippen LogP) is 1.76. The highest BCUT2D eigenvalue weighted by atomic mass is 16.4. The molecule has 0 amide bonds. The van der Waals surface area contributed by atoms with Gasteiger partial charge in [-0.05, 0) is 25.0 Å². The average Bonchev–Trinajstić information content (AvgIpc) is 3.02. The van der Waals surface area contributed by atoms with Crippen LogP contribution in [0.2, 0.25) is 0 Å². The van der Waals surface area contributed by atoms with E-state index in [0.29, 0.717) is 23.0 Å². The van der Waals surface area contributed by atoms with Gasteiger partial charge < -0.3 is 9.73 Å². The zero-order chi connectivity index (χ0) is 10.3. The fourth-order valence-electron chi connectivity index (χ4n) is 1.48. The molecule has 4 nitrogen and oxygen atoms in total. The van der Waals surface area contributed by atoms with E-state index in [2.05, 4.69) is 10.3 Å². The highest BCUT2D eigenvalue weighted by Crippen LogP contribution is 2.23. The Morgan fingerprint density at radius 2 is 2.13 bits per heavy atom. The van der Waals surface area contributed by atoms with Crippen LogP contribution in [-0.2, 0) is 0 Å². The van der Waals surface area contributed by atoms with Crippen LogP contribution in [0.1, 0.15) is 12.8 Å². The number of nitrogens with one attached hydrogen (secondary N) is 1. The minimum Gasteiger partial charge on any atom is -0.389 e. The molecule has 1 aromatic carbocycles. The SMILES string of the molecule is O=c1oc(NC2CC2)nc2ccccc12. The molecule has 0 bridgehead atoms. The first-order chi connectivity index (χ1) is 7.33. The van der Waals surface area contributed by atoms with Crippen LogP contribution in [0.4, 0.5) is 6.01 Å². The maximum Gasteiger partial charge on any atom is 0.348 e. The van der Waals surface area contributed by atoms with Crippen LogP contribution in [0, 0.1) is 0 Å². The zero-order valence-corrected chi connectivity index (χ0v) is 8.06. The molecule has 0 saturated heterocycles. The second-order valence-corrected chi connectivity index (χ2v) is 3.74. The van der Waals surface area contributed by atoms with Crippen LogP contribution in [0.25, 0.3) is 10.9 Å². The van der Waals surface area contributed by atoms with E-state index in [-0.39, 0.29) is 5.63 Å². The third-order valence-electron chi connectivity index (χ3n) is 2.44. The van der Waals surface area contributed by atoms with Gasteiger partial charge in [-0.2, -0.15) is 4.98 Å². The van der Waals surface area contributed by atoms with Gasteiger partial charge in [0.15, 0.2) is 0 Å². The van der Waals surface area contributed by atoms with E-state index >= 15 is 0 Å². The maximum atomic E-state index is 11.6. The summed E-state index contributed by atoms with van der Waals surface area (Å²) in [5.41, 5.74) is 0.348. The zero-order valence-electron chi connectivity index (χ0n) is 8.06. The number of anilines is 1. The van der Waals surface area contributed by atoms with Crippen LogP contribution in [0.5, 0.6) is 0 Å². The van der Waals surface area contributed by atoms with Gasteiger partial charge in [0.05, 0.1) is 10.9 Å². The number of rotatable bonds is 2. The van der Waals surface area contributed by atoms with E-state index in [9.17, 15) is 4.79 Å². The normalized spacial score (nSPS) is 15.5. The molecule has 15 heavy (non-hydrogen) atoms. The summed E-state index contributed by atoms with van der Waals surface area (Å²) >= 11 is 0. The molecule has 2 aromatic rings. The third-order valence-corrected chi connectivity index (χ3v) is 2.44. The number of hydrogen-bond donors (Lipinski definition) is 1. The Labute approximate surface area is 85.9 Å². The topological polar surface area (TPSA) is 55.1 Å². The minimum atomic E-state index is -0.330. The van der Waals surface area contributed by atoms with E-state index in [1.54, 1.807) is 12.1 Å². The lowest BCUT2D eigenvalue weighted by atomic mass is 10.2. The molecule has 4 heteroatoms. The summed E-state index contributed by atoms with van der Waals surface area (Å²) in [6.07, 6.45) is 2.25. The van der Waals surface area contributed by atoms with Gasteiger partial charge in [0.2, 0.25) is 0 Å². The van der Waals surface area contributed by atoms with Crippen molar-refractivity contribution in [2.45, 2.75) is 18.9 Å². The third kappa shape index (κ3) is 1.58. The van der Waals surface area contributed by atoms with Crippen LogP contribution in [-0.4, -0.2) is 11.0 Å². The second kappa shape index (κ2) is 3.08. The average molecular weight is 202 g/mol. The number of nitrogens with zero attached hydrogens (tertiary/aromatic N) is 1. The molecular formula is C11H10N2O2. The van der Waals surface area contributed by atoms with Crippen molar-refractivity contribution >= 4 is 16.9 Å². The fourth-order valence-corrected chi connectivity index (χ4v) is 1.48. The molecule has 3 rings (SSSR count). The molecule has 0 aliphatic heterocycles. The van der Waals surface area contributed by atoms with E-state index in [1.165, 1.54) is 0 Å². The maximum absolute atomic E-state index is 11.6. The van der Waals surface area contributed by atoms with Crippen molar-refractivity contribution in [3.05, 3.63) is 34.7 Å². The molecule has 1 fully saturated rings. The lowest BCUT2D eigenvalue weighted by Gasteiger charge is -2.01. The lowest BCUT2D eigenvalue weighted by Crippen LogP contribution is -2.08. The molecule has 1 heterocycles. The summed E-state index contributed by atoms with van der Waals surface area (Å²) in [5.74, 6) is 0. The minimum absolute atomic E-state index is 0.330. The molecular weight excluding hydrogens is 192 g/mol. The predicted molar refractivity (Wildman–Crippen MR) is 56.9 cm³/mol. The van der Waals surface area contributed by atoms with E-state index in [0.717, 1.165) is 12.8 Å². The van der Waals surface area contributed by atoms with Crippen molar-refractivity contribution in [1.29, 1.82) is 0 Å². The molecule has 0 unspecified atom stereocenters. The van der Waals surface area contributed by atoms with Crippen molar-refractivity contribution in [3.63, 3.8) is 0 Å². The van der Waals surface area contributed by atoms with Gasteiger partial charge in [-0.3, -0.25) is 0 Å². The molecule has 0 atom stereocenters. The summed E-state index contributed by atoms with van der Waals surface area (Å²) < 4.78 is 5.06. The van der Waals surface area contributed by atoms with Gasteiger partial charge in [-0.15, -0.1) is 0 Å². The smallest absolute Gasteiger partial charge is 0.348 e. The van der Waals surface area contributed by atoms with Crippen molar-refractivity contribution in [2.24, 2.45) is 0 Å². The van der Waals surface area contributed by atoms with E-state index in [1.807, 2.05) is 12.1 Å². The summed E-state index contributed by atoms with van der Waals surface area (Å²) in [6, 6.07) is 7.95. The highest BCUT2D eigenvalue weighted by Gasteiger charge is 2.22. The fraction of sp³-hybridized carbons (Fsp3) is 0.273. The van der Waals surface area contributed by atoms with E-state index < -0.39 is 0 Å². The molecule has 76 valence electrons. The number of para-hydroxylation sites is 1. The Kier molecular flexibility index (Phi) is 1.74. The second-order valence-electron chi connectivity index (χ2n) is 3.74. The Hall–Kier alpha value is -1.84. The number of hydrogen-bond acceptors (Lipinski definition) is 4. The summed E-state index contributed by atoms with van der Waals surface area (Å²) in [4.78, 5) is 15.8. The van der Waals surface area contributed by atoms with Gasteiger partial charge in [0, 0.05) is 6.04 Å². The highest BCUT2D eigenvalue weighted by molar-refractivity contribution is 5.77. The number of benzene rings is 1. The Balaban J connectivity index is 2.13. The largest absolute Gasteiger partial charge is 0.389 e. The molecule has 1 saturated carbocycles. The Bertz CT molecular complexity index is 558. The molecule has 1 aromatic heterocycles. The molecule has 1 aliphatic carbocycles. The first-order valence-electron chi connectivity index (χ1n) is 4.99. The van der Waals surface area contributed by atoms with Gasteiger partial charge in [0.1, 0.15) is 0 Å². The summed E-state index contributed by atoms with van der Waals surface area (Å²) in [7, 11) is 0. The van der Waals surface area contributed by atoms with Crippen molar-refractivity contribution in [1.82, 2.24) is 4.98 Å². The standard InChI is InChI=1S/C11H10N2O2/c14-10-8-3-1-2-4-9(8)13-11(15-10)12-7-5-6-7/h1-4,7H,5-6H2,(H,12,13).